The molecule has 0 unspecified atom stereocenters. The summed E-state index contributed by atoms with van der Waals surface area (Å²) in [5, 5.41) is 10.7. The largest absolute Gasteiger partial charge is 0.493 e. The lowest BCUT2D eigenvalue weighted by Gasteiger charge is -2.09. The van der Waals surface area contributed by atoms with Gasteiger partial charge in [0.2, 0.25) is 0 Å². The standard InChI is InChI=1S/C12H8BrFN2O4/c1-19-10-3-2-8(16(17)18)5-11(10)20-12-9(14)4-7(13)6-15-12/h2-6H,1H3. The van der Waals surface area contributed by atoms with Gasteiger partial charge in [-0.3, -0.25) is 10.1 Å². The molecule has 1 aromatic heterocycles. The van der Waals surface area contributed by atoms with Gasteiger partial charge in [0.25, 0.3) is 11.6 Å². The zero-order valence-electron chi connectivity index (χ0n) is 10.2. The van der Waals surface area contributed by atoms with Crippen LogP contribution in [0.2, 0.25) is 0 Å². The second kappa shape index (κ2) is 5.83. The normalized spacial score (nSPS) is 10.2. The molecule has 0 fully saturated rings. The SMILES string of the molecule is COc1ccc([N+](=O)[O-])cc1Oc1ncc(Br)cc1F. The first kappa shape index (κ1) is 14.2. The molecule has 0 spiro atoms. The van der Waals surface area contributed by atoms with Crippen LogP contribution in [0.5, 0.6) is 17.4 Å². The molecule has 1 aromatic carbocycles. The van der Waals surface area contributed by atoms with Crippen LogP contribution in [0.15, 0.2) is 34.9 Å². The molecule has 0 saturated carbocycles. The Morgan fingerprint density at radius 2 is 2.10 bits per heavy atom. The number of nitro benzene ring substituents is 1. The number of rotatable bonds is 4. The number of non-ortho nitro benzene ring substituents is 1. The lowest BCUT2D eigenvalue weighted by molar-refractivity contribution is -0.384. The summed E-state index contributed by atoms with van der Waals surface area (Å²) < 4.78 is 24.3. The molecule has 0 saturated heterocycles. The van der Waals surface area contributed by atoms with Gasteiger partial charge in [-0.05, 0) is 28.1 Å². The van der Waals surface area contributed by atoms with Gasteiger partial charge < -0.3 is 9.47 Å². The zero-order chi connectivity index (χ0) is 14.7. The van der Waals surface area contributed by atoms with Crippen molar-refractivity contribution >= 4 is 21.6 Å². The molecule has 20 heavy (non-hydrogen) atoms. The molecule has 0 radical (unpaired) electrons. The number of nitrogens with zero attached hydrogens (tertiary/aromatic N) is 2. The van der Waals surface area contributed by atoms with E-state index in [0.29, 0.717) is 4.47 Å². The Bertz CT molecular complexity index is 666. The Morgan fingerprint density at radius 1 is 1.35 bits per heavy atom. The maximum atomic E-state index is 13.6. The van der Waals surface area contributed by atoms with Crippen molar-refractivity contribution in [2.75, 3.05) is 7.11 Å². The highest BCUT2D eigenvalue weighted by Gasteiger charge is 2.15. The van der Waals surface area contributed by atoms with Gasteiger partial charge in [-0.15, -0.1) is 0 Å². The fourth-order valence-electron chi connectivity index (χ4n) is 1.44. The van der Waals surface area contributed by atoms with Crippen molar-refractivity contribution in [2.24, 2.45) is 0 Å². The quantitative estimate of drug-likeness (QED) is 0.625. The van der Waals surface area contributed by atoms with Crippen molar-refractivity contribution in [3.05, 3.63) is 50.9 Å². The topological polar surface area (TPSA) is 74.5 Å². The van der Waals surface area contributed by atoms with Crippen LogP contribution in [-0.4, -0.2) is 17.0 Å². The van der Waals surface area contributed by atoms with Gasteiger partial charge in [0.05, 0.1) is 18.1 Å². The molecule has 0 aliphatic rings. The summed E-state index contributed by atoms with van der Waals surface area (Å²) in [7, 11) is 1.37. The maximum absolute atomic E-state index is 13.6. The summed E-state index contributed by atoms with van der Waals surface area (Å²) in [4.78, 5) is 13.9. The number of nitro groups is 1. The Morgan fingerprint density at radius 3 is 2.70 bits per heavy atom. The summed E-state index contributed by atoms with van der Waals surface area (Å²) in [5.41, 5.74) is -0.196. The third kappa shape index (κ3) is 3.02. The van der Waals surface area contributed by atoms with E-state index in [1.807, 2.05) is 0 Å². The molecule has 1 heterocycles. The van der Waals surface area contributed by atoms with Crippen molar-refractivity contribution in [1.82, 2.24) is 4.98 Å². The number of hydrogen-bond acceptors (Lipinski definition) is 5. The monoisotopic (exact) mass is 342 g/mol. The minimum Gasteiger partial charge on any atom is -0.493 e. The third-order valence-corrected chi connectivity index (χ3v) is 2.77. The van der Waals surface area contributed by atoms with E-state index in [9.17, 15) is 14.5 Å². The van der Waals surface area contributed by atoms with E-state index in [2.05, 4.69) is 20.9 Å². The Kier molecular flexibility index (Phi) is 4.14. The van der Waals surface area contributed by atoms with E-state index < -0.39 is 10.7 Å². The predicted octanol–water partition coefficient (Wildman–Crippen LogP) is 3.69. The van der Waals surface area contributed by atoms with Crippen LogP contribution in [0.25, 0.3) is 0 Å². The van der Waals surface area contributed by atoms with Gasteiger partial charge in [-0.25, -0.2) is 9.37 Å². The van der Waals surface area contributed by atoms with E-state index in [1.54, 1.807) is 0 Å². The molecule has 104 valence electrons. The van der Waals surface area contributed by atoms with Crippen LogP contribution in [0, 0.1) is 15.9 Å². The molecule has 0 N–H and O–H groups in total. The van der Waals surface area contributed by atoms with Gasteiger partial charge >= 0.3 is 0 Å². The average molecular weight is 343 g/mol. The van der Waals surface area contributed by atoms with E-state index in [0.717, 1.165) is 6.07 Å². The van der Waals surface area contributed by atoms with Crippen LogP contribution in [0.1, 0.15) is 0 Å². The van der Waals surface area contributed by atoms with Crippen LogP contribution in [0.3, 0.4) is 0 Å². The molecule has 0 aliphatic heterocycles. The lowest BCUT2D eigenvalue weighted by Crippen LogP contribution is -1.96. The molecular weight excluding hydrogens is 335 g/mol. The van der Waals surface area contributed by atoms with Gasteiger partial charge in [0, 0.05) is 16.7 Å². The minimum absolute atomic E-state index is 0.00965. The average Bonchev–Trinajstić information content (AvgIpc) is 2.41. The fourth-order valence-corrected chi connectivity index (χ4v) is 1.74. The molecule has 0 amide bonds. The predicted molar refractivity (Wildman–Crippen MR) is 71.6 cm³/mol. The Labute approximate surface area is 121 Å². The van der Waals surface area contributed by atoms with Gasteiger partial charge in [0.15, 0.2) is 17.3 Å². The van der Waals surface area contributed by atoms with Crippen LogP contribution < -0.4 is 9.47 Å². The highest BCUT2D eigenvalue weighted by atomic mass is 79.9. The van der Waals surface area contributed by atoms with Crippen molar-refractivity contribution < 1.29 is 18.8 Å². The number of halogens is 2. The molecular formula is C12H8BrFN2O4. The van der Waals surface area contributed by atoms with E-state index in [-0.39, 0.29) is 23.1 Å². The number of pyridine rings is 1. The van der Waals surface area contributed by atoms with Gasteiger partial charge in [-0.1, -0.05) is 0 Å². The summed E-state index contributed by atoms with van der Waals surface area (Å²) in [6, 6.07) is 4.94. The lowest BCUT2D eigenvalue weighted by atomic mass is 10.3. The smallest absolute Gasteiger partial charge is 0.273 e. The summed E-state index contributed by atoms with van der Waals surface area (Å²) in [5.74, 6) is -0.755. The Balaban J connectivity index is 2.40. The van der Waals surface area contributed by atoms with Crippen molar-refractivity contribution in [2.45, 2.75) is 0 Å². The first-order valence-electron chi connectivity index (χ1n) is 5.32. The summed E-state index contributed by atoms with van der Waals surface area (Å²) >= 11 is 3.07. The highest BCUT2D eigenvalue weighted by molar-refractivity contribution is 9.10. The van der Waals surface area contributed by atoms with E-state index >= 15 is 0 Å². The zero-order valence-corrected chi connectivity index (χ0v) is 11.8. The van der Waals surface area contributed by atoms with Crippen LogP contribution >= 0.6 is 15.9 Å². The van der Waals surface area contributed by atoms with Crippen molar-refractivity contribution in [1.29, 1.82) is 0 Å². The highest BCUT2D eigenvalue weighted by Crippen LogP contribution is 2.35. The third-order valence-electron chi connectivity index (χ3n) is 2.34. The molecule has 0 aliphatic carbocycles. The summed E-state index contributed by atoms with van der Waals surface area (Å²) in [6.45, 7) is 0. The number of methoxy groups -OCH3 is 1. The number of benzene rings is 1. The number of ether oxygens (including phenoxy) is 2. The number of hydrogen-bond donors (Lipinski definition) is 0. The summed E-state index contributed by atoms with van der Waals surface area (Å²) in [6.07, 6.45) is 1.35. The van der Waals surface area contributed by atoms with Crippen LogP contribution in [0.4, 0.5) is 10.1 Å². The fraction of sp³-hybridized carbons (Fsp3) is 0.0833. The molecule has 6 nitrogen and oxygen atoms in total. The van der Waals surface area contributed by atoms with E-state index in [4.69, 9.17) is 9.47 Å². The second-order valence-electron chi connectivity index (χ2n) is 3.63. The van der Waals surface area contributed by atoms with Gasteiger partial charge in [-0.2, -0.15) is 0 Å². The van der Waals surface area contributed by atoms with Crippen molar-refractivity contribution in [3.8, 4) is 17.4 Å². The van der Waals surface area contributed by atoms with Gasteiger partial charge in [0.1, 0.15) is 0 Å². The van der Waals surface area contributed by atoms with Crippen LogP contribution in [-0.2, 0) is 0 Å². The Hall–Kier alpha value is -2.22. The second-order valence-corrected chi connectivity index (χ2v) is 4.55. The first-order valence-corrected chi connectivity index (χ1v) is 6.12. The maximum Gasteiger partial charge on any atom is 0.273 e. The molecule has 0 bridgehead atoms. The molecule has 2 rings (SSSR count). The first-order chi connectivity index (χ1) is 9.51. The number of aromatic nitrogens is 1. The molecule has 2 aromatic rings. The molecule has 8 heteroatoms. The van der Waals surface area contributed by atoms with Crippen molar-refractivity contribution in [3.63, 3.8) is 0 Å². The molecule has 0 atom stereocenters. The minimum atomic E-state index is -0.701. The van der Waals surface area contributed by atoms with E-state index in [1.165, 1.54) is 31.5 Å².